The number of nitro benzene ring substituents is 2. The van der Waals surface area contributed by atoms with Crippen LogP contribution in [0.3, 0.4) is 0 Å². The molecule has 140 valence electrons. The first-order valence-corrected chi connectivity index (χ1v) is 7.54. The van der Waals surface area contributed by atoms with Crippen LogP contribution in [0, 0.1) is 20.2 Å². The van der Waals surface area contributed by atoms with Gasteiger partial charge in [0.2, 0.25) is 0 Å². The summed E-state index contributed by atoms with van der Waals surface area (Å²) < 4.78 is 5.27. The quantitative estimate of drug-likeness (QED) is 0.576. The molecule has 1 atom stereocenters. The summed E-state index contributed by atoms with van der Waals surface area (Å²) in [7, 11) is 0. The molecule has 2 aromatic carbocycles. The average Bonchev–Trinajstić information content (AvgIpc) is 2.66. The lowest BCUT2D eigenvalue weighted by atomic mass is 10.2. The number of non-ortho nitro benzene ring substituents is 1. The number of hydrazine groups is 1. The van der Waals surface area contributed by atoms with Gasteiger partial charge >= 0.3 is 5.69 Å². The lowest BCUT2D eigenvalue weighted by molar-refractivity contribution is -0.386. The lowest BCUT2D eigenvalue weighted by Gasteiger charge is -2.15. The van der Waals surface area contributed by atoms with E-state index in [-0.39, 0.29) is 22.7 Å². The van der Waals surface area contributed by atoms with Crippen LogP contribution in [0.4, 0.5) is 11.4 Å². The summed E-state index contributed by atoms with van der Waals surface area (Å²) >= 11 is 0. The van der Waals surface area contributed by atoms with Crippen LogP contribution in [0.5, 0.6) is 5.75 Å². The van der Waals surface area contributed by atoms with Crippen LogP contribution >= 0.6 is 0 Å². The van der Waals surface area contributed by atoms with Crippen molar-refractivity contribution in [1.82, 2.24) is 10.9 Å². The van der Waals surface area contributed by atoms with E-state index in [9.17, 15) is 29.8 Å². The molecular formula is C16H14N4O7. The summed E-state index contributed by atoms with van der Waals surface area (Å²) in [5.41, 5.74) is 3.86. The minimum atomic E-state index is -1.14. The number of para-hydroxylation sites is 2. The van der Waals surface area contributed by atoms with Gasteiger partial charge in [-0.15, -0.1) is 0 Å². The van der Waals surface area contributed by atoms with Gasteiger partial charge in [-0.05, 0) is 25.1 Å². The fraction of sp³-hybridized carbons (Fsp3) is 0.125. The molecule has 27 heavy (non-hydrogen) atoms. The summed E-state index contributed by atoms with van der Waals surface area (Å²) in [5, 5.41) is 21.5. The highest BCUT2D eigenvalue weighted by molar-refractivity contribution is 5.95. The number of nitrogens with one attached hydrogen (secondary N) is 2. The second-order valence-corrected chi connectivity index (χ2v) is 5.23. The monoisotopic (exact) mass is 374 g/mol. The zero-order chi connectivity index (χ0) is 20.0. The van der Waals surface area contributed by atoms with Crippen molar-refractivity contribution in [3.05, 3.63) is 74.3 Å². The number of carbonyl (C=O) groups is 2. The molecule has 0 spiro atoms. The fourth-order valence-corrected chi connectivity index (χ4v) is 1.98. The SMILES string of the molecule is CC(Oc1ccccc1[N+](=O)[O-])C(=O)NNC(=O)c1ccc([N+](=O)[O-])cc1. The van der Waals surface area contributed by atoms with Crippen molar-refractivity contribution in [2.24, 2.45) is 0 Å². The third-order valence-electron chi connectivity index (χ3n) is 3.37. The predicted molar refractivity (Wildman–Crippen MR) is 91.9 cm³/mol. The van der Waals surface area contributed by atoms with Gasteiger partial charge in [0.15, 0.2) is 11.9 Å². The number of nitrogens with zero attached hydrogens (tertiary/aromatic N) is 2. The van der Waals surface area contributed by atoms with Crippen molar-refractivity contribution in [3.63, 3.8) is 0 Å². The number of rotatable bonds is 6. The highest BCUT2D eigenvalue weighted by Crippen LogP contribution is 2.26. The normalized spacial score (nSPS) is 11.1. The molecule has 0 aliphatic heterocycles. The maximum atomic E-state index is 12.0. The highest BCUT2D eigenvalue weighted by atomic mass is 16.6. The molecule has 2 aromatic rings. The van der Waals surface area contributed by atoms with E-state index in [4.69, 9.17) is 4.74 Å². The van der Waals surface area contributed by atoms with E-state index in [0.29, 0.717) is 0 Å². The molecule has 1 unspecified atom stereocenters. The zero-order valence-corrected chi connectivity index (χ0v) is 13.9. The molecule has 0 saturated carbocycles. The van der Waals surface area contributed by atoms with E-state index in [1.807, 2.05) is 0 Å². The topological polar surface area (TPSA) is 154 Å². The van der Waals surface area contributed by atoms with Crippen molar-refractivity contribution in [3.8, 4) is 5.75 Å². The minimum Gasteiger partial charge on any atom is -0.474 e. The Kier molecular flexibility index (Phi) is 5.99. The molecule has 2 rings (SSSR count). The predicted octanol–water partition coefficient (Wildman–Crippen LogP) is 1.73. The van der Waals surface area contributed by atoms with Crippen LogP contribution < -0.4 is 15.6 Å². The maximum Gasteiger partial charge on any atom is 0.310 e. The largest absolute Gasteiger partial charge is 0.474 e. The number of nitro groups is 2. The smallest absolute Gasteiger partial charge is 0.310 e. The zero-order valence-electron chi connectivity index (χ0n) is 13.9. The van der Waals surface area contributed by atoms with Gasteiger partial charge in [0, 0.05) is 23.8 Å². The fourth-order valence-electron chi connectivity index (χ4n) is 1.98. The second-order valence-electron chi connectivity index (χ2n) is 5.23. The maximum absolute atomic E-state index is 12.0. The number of hydrogen-bond acceptors (Lipinski definition) is 7. The third-order valence-corrected chi connectivity index (χ3v) is 3.37. The molecule has 0 saturated heterocycles. The van der Waals surface area contributed by atoms with Crippen molar-refractivity contribution >= 4 is 23.2 Å². The molecule has 2 amide bonds. The van der Waals surface area contributed by atoms with Crippen molar-refractivity contribution in [2.75, 3.05) is 0 Å². The van der Waals surface area contributed by atoms with Crippen LogP contribution in [0.1, 0.15) is 17.3 Å². The molecule has 11 nitrogen and oxygen atoms in total. The van der Waals surface area contributed by atoms with Gasteiger partial charge in [-0.25, -0.2) is 0 Å². The average molecular weight is 374 g/mol. The number of benzene rings is 2. The van der Waals surface area contributed by atoms with Crippen LogP contribution in [0.15, 0.2) is 48.5 Å². The van der Waals surface area contributed by atoms with Gasteiger partial charge in [0.05, 0.1) is 9.85 Å². The molecular weight excluding hydrogens is 360 g/mol. The van der Waals surface area contributed by atoms with Crippen molar-refractivity contribution in [1.29, 1.82) is 0 Å². The molecule has 0 fully saturated rings. The summed E-state index contributed by atoms with van der Waals surface area (Å²) in [6.07, 6.45) is -1.14. The van der Waals surface area contributed by atoms with E-state index >= 15 is 0 Å². The Balaban J connectivity index is 1.94. The molecule has 0 heterocycles. The number of carbonyl (C=O) groups excluding carboxylic acids is 2. The van der Waals surface area contributed by atoms with Gasteiger partial charge in [-0.1, -0.05) is 12.1 Å². The van der Waals surface area contributed by atoms with E-state index in [1.165, 1.54) is 43.3 Å². The van der Waals surface area contributed by atoms with Gasteiger partial charge < -0.3 is 4.74 Å². The van der Waals surface area contributed by atoms with E-state index in [0.717, 1.165) is 12.1 Å². The Morgan fingerprint density at radius 3 is 2.19 bits per heavy atom. The van der Waals surface area contributed by atoms with Gasteiger partial charge in [0.1, 0.15) is 0 Å². The first-order valence-electron chi connectivity index (χ1n) is 7.54. The van der Waals surface area contributed by atoms with E-state index in [2.05, 4.69) is 10.9 Å². The van der Waals surface area contributed by atoms with Gasteiger partial charge in [0.25, 0.3) is 17.5 Å². The molecule has 2 N–H and O–H groups in total. The molecule has 0 aliphatic rings. The summed E-state index contributed by atoms with van der Waals surface area (Å²) in [5.74, 6) is -1.54. The van der Waals surface area contributed by atoms with E-state index < -0.39 is 27.8 Å². The standard InChI is InChI=1S/C16H14N4O7/c1-10(27-14-5-3-2-4-13(14)20(25)26)15(21)17-18-16(22)11-6-8-12(9-7-11)19(23)24/h2-10H,1H3,(H,17,21)(H,18,22). The minimum absolute atomic E-state index is 0.0909. The Bertz CT molecular complexity index is 883. The second kappa shape index (κ2) is 8.38. The van der Waals surface area contributed by atoms with Crippen molar-refractivity contribution in [2.45, 2.75) is 13.0 Å². The number of ether oxygens (including phenoxy) is 1. The van der Waals surface area contributed by atoms with Crippen molar-refractivity contribution < 1.29 is 24.2 Å². The van der Waals surface area contributed by atoms with Crippen LogP contribution in [-0.4, -0.2) is 27.8 Å². The van der Waals surface area contributed by atoms with Crippen LogP contribution in [0.25, 0.3) is 0 Å². The van der Waals surface area contributed by atoms with Gasteiger partial charge in [-0.3, -0.25) is 40.7 Å². The summed E-state index contributed by atoms with van der Waals surface area (Å²) in [4.78, 5) is 44.2. The third kappa shape index (κ3) is 4.98. The molecule has 0 aromatic heterocycles. The Morgan fingerprint density at radius 2 is 1.59 bits per heavy atom. The Morgan fingerprint density at radius 1 is 0.963 bits per heavy atom. The van der Waals surface area contributed by atoms with E-state index in [1.54, 1.807) is 0 Å². The molecule has 0 bridgehead atoms. The highest BCUT2D eigenvalue weighted by Gasteiger charge is 2.21. The van der Waals surface area contributed by atoms with Crippen LogP contribution in [-0.2, 0) is 4.79 Å². The summed E-state index contributed by atoms with van der Waals surface area (Å²) in [6.45, 7) is 1.35. The molecule has 0 aliphatic carbocycles. The molecule has 11 heteroatoms. The molecule has 0 radical (unpaired) electrons. The first-order chi connectivity index (χ1) is 12.8. The number of amides is 2. The summed E-state index contributed by atoms with van der Waals surface area (Å²) in [6, 6.07) is 10.3. The first kappa shape index (κ1) is 19.3. The van der Waals surface area contributed by atoms with Crippen LogP contribution in [0.2, 0.25) is 0 Å². The Hall–Kier alpha value is -4.02. The lowest BCUT2D eigenvalue weighted by Crippen LogP contribution is -2.47. The Labute approximate surface area is 152 Å². The number of hydrogen-bond donors (Lipinski definition) is 2. The van der Waals surface area contributed by atoms with Gasteiger partial charge in [-0.2, -0.15) is 0 Å².